The molecule has 5 nitrogen and oxygen atoms in total. The normalized spacial score (nSPS) is 11.4. The molecule has 0 unspecified atom stereocenters. The summed E-state index contributed by atoms with van der Waals surface area (Å²) in [5.41, 5.74) is 3.47. The highest BCUT2D eigenvalue weighted by atomic mass is 79.9. The first-order valence-corrected chi connectivity index (χ1v) is 12.0. The molecule has 166 valence electrons. The van der Waals surface area contributed by atoms with Crippen LogP contribution in [0.3, 0.4) is 0 Å². The number of halogens is 4. The lowest BCUT2D eigenvalue weighted by atomic mass is 10.1. The van der Waals surface area contributed by atoms with Gasteiger partial charge in [-0.25, -0.2) is 4.98 Å². The van der Waals surface area contributed by atoms with Crippen LogP contribution in [0, 0.1) is 0 Å². The van der Waals surface area contributed by atoms with E-state index in [1.165, 1.54) is 0 Å². The van der Waals surface area contributed by atoms with Crippen LogP contribution in [0.2, 0.25) is 15.1 Å². The molecule has 0 bridgehead atoms. The van der Waals surface area contributed by atoms with Crippen LogP contribution in [0.4, 0.5) is 5.82 Å². The van der Waals surface area contributed by atoms with Crippen LogP contribution in [0.1, 0.15) is 12.0 Å². The van der Waals surface area contributed by atoms with Gasteiger partial charge < -0.3 is 10.2 Å². The van der Waals surface area contributed by atoms with Gasteiger partial charge in [0.2, 0.25) is 0 Å². The first-order valence-electron chi connectivity index (χ1n) is 10.1. The monoisotopic (exact) mass is 551 g/mol. The van der Waals surface area contributed by atoms with E-state index in [1.54, 1.807) is 16.8 Å². The summed E-state index contributed by atoms with van der Waals surface area (Å²) >= 11 is 22.2. The van der Waals surface area contributed by atoms with Gasteiger partial charge in [-0.2, -0.15) is 9.61 Å². The SMILES string of the molecule is CN(CCCNc1cc(-c2ccccc2Cl)nc2c(Br)cnn12)Cc1ccc(Cl)cc1Cl. The number of hydrogen-bond donors (Lipinski definition) is 1. The zero-order valence-corrected chi connectivity index (χ0v) is 21.2. The van der Waals surface area contributed by atoms with Crippen molar-refractivity contribution in [1.29, 1.82) is 0 Å². The first kappa shape index (κ1) is 23.3. The Kier molecular flexibility index (Phi) is 7.59. The molecule has 0 atom stereocenters. The average molecular weight is 554 g/mol. The van der Waals surface area contributed by atoms with Crippen molar-refractivity contribution in [3.05, 3.63) is 79.8 Å². The van der Waals surface area contributed by atoms with E-state index in [1.807, 2.05) is 42.5 Å². The number of benzene rings is 2. The predicted octanol–water partition coefficient (Wildman–Crippen LogP) is 7.05. The maximum atomic E-state index is 6.41. The molecule has 2 aromatic heterocycles. The summed E-state index contributed by atoms with van der Waals surface area (Å²) in [5.74, 6) is 0.860. The summed E-state index contributed by atoms with van der Waals surface area (Å²) < 4.78 is 2.62. The Morgan fingerprint density at radius 3 is 2.66 bits per heavy atom. The lowest BCUT2D eigenvalue weighted by Gasteiger charge is -2.18. The lowest BCUT2D eigenvalue weighted by Crippen LogP contribution is -2.21. The van der Waals surface area contributed by atoms with Crippen LogP contribution in [0.25, 0.3) is 16.9 Å². The number of anilines is 1. The first-order chi connectivity index (χ1) is 15.4. The highest BCUT2D eigenvalue weighted by Crippen LogP contribution is 2.30. The van der Waals surface area contributed by atoms with Crippen LogP contribution in [-0.4, -0.2) is 39.6 Å². The van der Waals surface area contributed by atoms with E-state index in [-0.39, 0.29) is 0 Å². The standard InChI is InChI=1S/C23H21BrCl3N5/c1-31(14-15-7-8-16(25)11-20(15)27)10-4-9-28-22-12-21(17-5-2-3-6-19(17)26)30-23-18(24)13-29-32(22)23/h2-3,5-8,11-13,28H,4,9-10,14H2,1H3. The minimum atomic E-state index is 0.649. The second-order valence-electron chi connectivity index (χ2n) is 7.49. The summed E-state index contributed by atoms with van der Waals surface area (Å²) in [6.45, 7) is 2.44. The smallest absolute Gasteiger partial charge is 0.172 e. The summed E-state index contributed by atoms with van der Waals surface area (Å²) in [6, 6.07) is 15.3. The Hall–Kier alpha value is -1.83. The maximum absolute atomic E-state index is 6.41. The molecule has 2 heterocycles. The maximum Gasteiger partial charge on any atom is 0.172 e. The summed E-state index contributed by atoms with van der Waals surface area (Å²) in [4.78, 5) is 6.98. The van der Waals surface area contributed by atoms with Crippen LogP contribution >= 0.6 is 50.7 Å². The molecule has 0 fully saturated rings. The van der Waals surface area contributed by atoms with Gasteiger partial charge in [-0.1, -0.05) is 59.1 Å². The van der Waals surface area contributed by atoms with Crippen molar-refractivity contribution in [3.63, 3.8) is 0 Å². The van der Waals surface area contributed by atoms with Gasteiger partial charge in [-0.15, -0.1) is 0 Å². The zero-order valence-electron chi connectivity index (χ0n) is 17.3. The second-order valence-corrected chi connectivity index (χ2v) is 9.59. The van der Waals surface area contributed by atoms with Gasteiger partial charge in [0.05, 0.1) is 16.4 Å². The summed E-state index contributed by atoms with van der Waals surface area (Å²) in [6.07, 6.45) is 2.68. The molecule has 9 heteroatoms. The number of aromatic nitrogens is 3. The second kappa shape index (κ2) is 10.4. The van der Waals surface area contributed by atoms with Crippen LogP contribution < -0.4 is 5.32 Å². The van der Waals surface area contributed by atoms with E-state index in [4.69, 9.17) is 39.8 Å². The summed E-state index contributed by atoms with van der Waals surface area (Å²) in [5, 5.41) is 9.93. The van der Waals surface area contributed by atoms with Crippen molar-refractivity contribution in [2.24, 2.45) is 0 Å². The molecule has 0 saturated carbocycles. The molecule has 2 aromatic carbocycles. The van der Waals surface area contributed by atoms with E-state index in [0.29, 0.717) is 15.1 Å². The Morgan fingerprint density at radius 2 is 1.88 bits per heavy atom. The van der Waals surface area contributed by atoms with Crippen molar-refractivity contribution < 1.29 is 0 Å². The third-order valence-electron chi connectivity index (χ3n) is 5.06. The fourth-order valence-corrected chi connectivity index (χ4v) is 4.50. The molecule has 0 spiro atoms. The van der Waals surface area contributed by atoms with Gasteiger partial charge in [0, 0.05) is 39.8 Å². The zero-order chi connectivity index (χ0) is 22.7. The number of rotatable bonds is 8. The van der Waals surface area contributed by atoms with Crippen molar-refractivity contribution >= 4 is 62.2 Å². The molecule has 4 aromatic rings. The van der Waals surface area contributed by atoms with Gasteiger partial charge in [0.25, 0.3) is 0 Å². The van der Waals surface area contributed by atoms with E-state index in [2.05, 4.69) is 38.3 Å². The van der Waals surface area contributed by atoms with E-state index in [0.717, 1.165) is 58.8 Å². The molecule has 0 aliphatic rings. The molecule has 0 aliphatic carbocycles. The van der Waals surface area contributed by atoms with Gasteiger partial charge in [-0.3, -0.25) is 0 Å². The van der Waals surface area contributed by atoms with E-state index in [9.17, 15) is 0 Å². The third-order valence-corrected chi connectivity index (χ3v) is 6.53. The lowest BCUT2D eigenvalue weighted by molar-refractivity contribution is 0.325. The van der Waals surface area contributed by atoms with E-state index < -0.39 is 0 Å². The molecule has 4 rings (SSSR count). The Morgan fingerprint density at radius 1 is 1.06 bits per heavy atom. The Labute approximate surface area is 210 Å². The van der Waals surface area contributed by atoms with Crippen LogP contribution in [0.15, 0.2) is 59.2 Å². The minimum absolute atomic E-state index is 0.649. The number of nitrogens with one attached hydrogen (secondary N) is 1. The quantitative estimate of drug-likeness (QED) is 0.238. The Bertz CT molecular complexity index is 1240. The number of hydrogen-bond acceptors (Lipinski definition) is 4. The van der Waals surface area contributed by atoms with Crippen molar-refractivity contribution in [2.75, 3.05) is 25.5 Å². The average Bonchev–Trinajstić information content (AvgIpc) is 3.14. The molecule has 0 saturated heterocycles. The topological polar surface area (TPSA) is 45.5 Å². The third kappa shape index (κ3) is 5.38. The Balaban J connectivity index is 1.43. The van der Waals surface area contributed by atoms with E-state index >= 15 is 0 Å². The van der Waals surface area contributed by atoms with Gasteiger partial charge in [-0.05, 0) is 59.7 Å². The fourth-order valence-electron chi connectivity index (χ4n) is 3.45. The molecule has 32 heavy (non-hydrogen) atoms. The van der Waals surface area contributed by atoms with Crippen LogP contribution in [-0.2, 0) is 6.54 Å². The largest absolute Gasteiger partial charge is 0.370 e. The van der Waals surface area contributed by atoms with Gasteiger partial charge in [0.15, 0.2) is 5.65 Å². The molecule has 0 radical (unpaired) electrons. The van der Waals surface area contributed by atoms with Gasteiger partial charge >= 0.3 is 0 Å². The molecular weight excluding hydrogens is 533 g/mol. The van der Waals surface area contributed by atoms with Crippen molar-refractivity contribution in [1.82, 2.24) is 19.5 Å². The van der Waals surface area contributed by atoms with Gasteiger partial charge in [0.1, 0.15) is 5.82 Å². The predicted molar refractivity (Wildman–Crippen MR) is 137 cm³/mol. The molecular formula is C23H21BrCl3N5. The fraction of sp³-hybridized carbons (Fsp3) is 0.217. The highest BCUT2D eigenvalue weighted by molar-refractivity contribution is 9.10. The number of fused-ring (bicyclic) bond motifs is 1. The van der Waals surface area contributed by atoms with Crippen LogP contribution in [0.5, 0.6) is 0 Å². The summed E-state index contributed by atoms with van der Waals surface area (Å²) in [7, 11) is 2.08. The van der Waals surface area contributed by atoms with Crippen molar-refractivity contribution in [2.45, 2.75) is 13.0 Å². The van der Waals surface area contributed by atoms with Crippen molar-refractivity contribution in [3.8, 4) is 11.3 Å². The molecule has 0 aliphatic heterocycles. The highest BCUT2D eigenvalue weighted by Gasteiger charge is 2.13. The minimum Gasteiger partial charge on any atom is -0.370 e. The number of nitrogens with zero attached hydrogens (tertiary/aromatic N) is 4. The molecule has 1 N–H and O–H groups in total. The molecule has 0 amide bonds.